The van der Waals surface area contributed by atoms with Crippen LogP contribution in [0.5, 0.6) is 0 Å². The maximum Gasteiger partial charge on any atom is 0.326 e. The Balaban J connectivity index is 1.27. The molecule has 1 aliphatic carbocycles. The van der Waals surface area contributed by atoms with E-state index in [0.29, 0.717) is 31.7 Å². The van der Waals surface area contributed by atoms with Crippen molar-refractivity contribution in [2.24, 2.45) is 0 Å². The first-order chi connectivity index (χ1) is 16.6. The Kier molecular flexibility index (Phi) is 8.66. The molecule has 0 bridgehead atoms. The summed E-state index contributed by atoms with van der Waals surface area (Å²) >= 11 is 0. The standard InChI is InChI=1S/C25H36N4O5/c30-23(28-32)8-7-20-6-5-19(17-26-20)18-29-13-9-21(10-14-29)27-25(11-15-33-16-12-25)24(31)34-22-3-1-2-4-22/h5-8,17,21-22,27,32H,1-4,9-16,18H2,(H,28,30). The summed E-state index contributed by atoms with van der Waals surface area (Å²) in [6.45, 7) is 3.88. The van der Waals surface area contributed by atoms with E-state index in [1.807, 2.05) is 18.3 Å². The number of hydroxylamine groups is 1. The first kappa shape index (κ1) is 24.8. The largest absolute Gasteiger partial charge is 0.461 e. The lowest BCUT2D eigenvalue weighted by Gasteiger charge is -2.42. The molecule has 2 saturated heterocycles. The summed E-state index contributed by atoms with van der Waals surface area (Å²) in [6, 6.07) is 4.15. The summed E-state index contributed by atoms with van der Waals surface area (Å²) in [5, 5.41) is 12.3. The molecule has 186 valence electrons. The molecule has 3 N–H and O–H groups in total. The topological polar surface area (TPSA) is 113 Å². The van der Waals surface area contributed by atoms with E-state index in [0.717, 1.165) is 63.7 Å². The number of rotatable bonds is 8. The number of piperidine rings is 1. The number of nitrogens with one attached hydrogen (secondary N) is 2. The third kappa shape index (κ3) is 6.63. The van der Waals surface area contributed by atoms with E-state index in [-0.39, 0.29) is 18.1 Å². The van der Waals surface area contributed by atoms with Gasteiger partial charge in [-0.2, -0.15) is 0 Å². The summed E-state index contributed by atoms with van der Waals surface area (Å²) in [4.78, 5) is 31.0. The fraction of sp³-hybridized carbons (Fsp3) is 0.640. The van der Waals surface area contributed by atoms with Gasteiger partial charge in [0.05, 0.1) is 5.69 Å². The van der Waals surface area contributed by atoms with E-state index < -0.39 is 11.4 Å². The van der Waals surface area contributed by atoms with Crippen LogP contribution in [0.2, 0.25) is 0 Å². The molecule has 1 amide bonds. The molecule has 4 rings (SSSR count). The maximum absolute atomic E-state index is 13.2. The van der Waals surface area contributed by atoms with Crippen molar-refractivity contribution < 1.29 is 24.3 Å². The van der Waals surface area contributed by atoms with Gasteiger partial charge < -0.3 is 9.47 Å². The fourth-order valence-corrected chi connectivity index (χ4v) is 5.11. The molecule has 1 aromatic rings. The molecule has 0 radical (unpaired) electrons. The van der Waals surface area contributed by atoms with Crippen molar-refractivity contribution in [2.45, 2.75) is 75.6 Å². The van der Waals surface area contributed by atoms with Gasteiger partial charge in [-0.05, 0) is 82.2 Å². The smallest absolute Gasteiger partial charge is 0.326 e. The number of hydrogen-bond donors (Lipinski definition) is 3. The van der Waals surface area contributed by atoms with Gasteiger partial charge in [0.25, 0.3) is 5.91 Å². The zero-order valence-corrected chi connectivity index (χ0v) is 19.7. The monoisotopic (exact) mass is 472 g/mol. The van der Waals surface area contributed by atoms with E-state index in [4.69, 9.17) is 14.7 Å². The van der Waals surface area contributed by atoms with E-state index >= 15 is 0 Å². The minimum Gasteiger partial charge on any atom is -0.461 e. The van der Waals surface area contributed by atoms with Gasteiger partial charge in [-0.25, -0.2) is 5.48 Å². The van der Waals surface area contributed by atoms with Crippen LogP contribution in [0, 0.1) is 0 Å². The van der Waals surface area contributed by atoms with E-state index in [2.05, 4.69) is 15.2 Å². The molecule has 0 spiro atoms. The van der Waals surface area contributed by atoms with Crippen molar-refractivity contribution >= 4 is 18.0 Å². The molecular formula is C25H36N4O5. The minimum atomic E-state index is -0.617. The lowest BCUT2D eigenvalue weighted by atomic mass is 9.87. The number of pyridine rings is 1. The average molecular weight is 473 g/mol. The van der Waals surface area contributed by atoms with Crippen molar-refractivity contribution in [1.82, 2.24) is 20.7 Å². The van der Waals surface area contributed by atoms with E-state index in [9.17, 15) is 9.59 Å². The second-order valence-corrected chi connectivity index (χ2v) is 9.60. The number of amides is 1. The van der Waals surface area contributed by atoms with Gasteiger partial charge >= 0.3 is 5.97 Å². The molecule has 34 heavy (non-hydrogen) atoms. The Morgan fingerprint density at radius 2 is 1.91 bits per heavy atom. The normalized spacial score (nSPS) is 22.1. The van der Waals surface area contributed by atoms with Gasteiger partial charge in [0.15, 0.2) is 0 Å². The predicted molar refractivity (Wildman–Crippen MR) is 126 cm³/mol. The number of carbonyl (C=O) groups excluding carboxylic acids is 2. The number of carbonyl (C=O) groups is 2. The Bertz CT molecular complexity index is 839. The zero-order valence-electron chi connectivity index (χ0n) is 19.7. The fourth-order valence-electron chi connectivity index (χ4n) is 5.11. The molecule has 0 unspecified atom stereocenters. The average Bonchev–Trinajstić information content (AvgIpc) is 3.38. The summed E-state index contributed by atoms with van der Waals surface area (Å²) in [5.41, 5.74) is 2.70. The van der Waals surface area contributed by atoms with Crippen LogP contribution in [0.15, 0.2) is 24.4 Å². The highest BCUT2D eigenvalue weighted by molar-refractivity contribution is 5.90. The second kappa shape index (κ2) is 11.9. The number of aromatic nitrogens is 1. The third-order valence-electron chi connectivity index (χ3n) is 7.15. The maximum atomic E-state index is 13.2. The first-order valence-corrected chi connectivity index (χ1v) is 12.4. The Morgan fingerprint density at radius 1 is 1.18 bits per heavy atom. The molecule has 0 aromatic carbocycles. The molecule has 1 aromatic heterocycles. The van der Waals surface area contributed by atoms with Crippen LogP contribution in [0.4, 0.5) is 0 Å². The lowest BCUT2D eigenvalue weighted by Crippen LogP contribution is -2.61. The van der Waals surface area contributed by atoms with Crippen molar-refractivity contribution in [3.63, 3.8) is 0 Å². The van der Waals surface area contributed by atoms with Crippen LogP contribution < -0.4 is 10.8 Å². The molecule has 0 atom stereocenters. The number of ether oxygens (including phenoxy) is 2. The highest BCUT2D eigenvalue weighted by Gasteiger charge is 2.44. The van der Waals surface area contributed by atoms with Crippen LogP contribution in [-0.2, 0) is 25.6 Å². The van der Waals surface area contributed by atoms with Crippen molar-refractivity contribution in [1.29, 1.82) is 0 Å². The van der Waals surface area contributed by atoms with Crippen LogP contribution in [0.1, 0.15) is 62.6 Å². The first-order valence-electron chi connectivity index (χ1n) is 12.4. The van der Waals surface area contributed by atoms with Crippen LogP contribution >= 0.6 is 0 Å². The van der Waals surface area contributed by atoms with Crippen LogP contribution in [0.25, 0.3) is 6.08 Å². The predicted octanol–water partition coefficient (Wildman–Crippen LogP) is 2.19. The summed E-state index contributed by atoms with van der Waals surface area (Å²) in [7, 11) is 0. The molecular weight excluding hydrogens is 436 g/mol. The van der Waals surface area contributed by atoms with Gasteiger partial charge in [0.1, 0.15) is 11.6 Å². The van der Waals surface area contributed by atoms with Crippen molar-refractivity contribution in [3.8, 4) is 0 Å². The highest BCUT2D eigenvalue weighted by atomic mass is 16.5. The quantitative estimate of drug-likeness (QED) is 0.228. The summed E-state index contributed by atoms with van der Waals surface area (Å²) < 4.78 is 11.5. The van der Waals surface area contributed by atoms with Gasteiger partial charge in [-0.3, -0.25) is 30.0 Å². The molecule has 3 heterocycles. The molecule has 2 aliphatic heterocycles. The molecule has 9 heteroatoms. The zero-order chi connectivity index (χ0) is 23.8. The Hall–Kier alpha value is -2.33. The van der Waals surface area contributed by atoms with Gasteiger partial charge in [-0.1, -0.05) is 6.07 Å². The number of esters is 1. The Morgan fingerprint density at radius 3 is 2.56 bits per heavy atom. The second-order valence-electron chi connectivity index (χ2n) is 9.60. The number of nitrogens with zero attached hydrogens (tertiary/aromatic N) is 2. The summed E-state index contributed by atoms with van der Waals surface area (Å²) in [5.74, 6) is -0.668. The van der Waals surface area contributed by atoms with E-state index in [1.165, 1.54) is 6.08 Å². The minimum absolute atomic E-state index is 0.0817. The third-order valence-corrected chi connectivity index (χ3v) is 7.15. The van der Waals surface area contributed by atoms with Gasteiger partial charge in [0.2, 0.25) is 0 Å². The molecule has 1 saturated carbocycles. The number of hydrogen-bond acceptors (Lipinski definition) is 8. The van der Waals surface area contributed by atoms with Crippen LogP contribution in [0.3, 0.4) is 0 Å². The molecule has 3 aliphatic rings. The van der Waals surface area contributed by atoms with E-state index in [1.54, 1.807) is 11.6 Å². The SMILES string of the molecule is O=C(C=Cc1ccc(CN2CCC(NC3(C(=O)OC4CCCC4)CCOCC3)CC2)cn1)NO. The van der Waals surface area contributed by atoms with Crippen molar-refractivity contribution in [2.75, 3.05) is 26.3 Å². The summed E-state index contributed by atoms with van der Waals surface area (Å²) in [6.07, 6.45) is 12.2. The van der Waals surface area contributed by atoms with Crippen LogP contribution in [-0.4, -0.2) is 71.0 Å². The highest BCUT2D eigenvalue weighted by Crippen LogP contribution is 2.29. The number of likely N-dealkylation sites (tertiary alicyclic amines) is 1. The molecule has 9 nitrogen and oxygen atoms in total. The van der Waals surface area contributed by atoms with Gasteiger partial charge in [0, 0.05) is 38.1 Å². The molecule has 3 fully saturated rings. The Labute approximate surface area is 200 Å². The van der Waals surface area contributed by atoms with Crippen molar-refractivity contribution in [3.05, 3.63) is 35.7 Å². The lowest BCUT2D eigenvalue weighted by molar-refractivity contribution is -0.162. The van der Waals surface area contributed by atoms with Gasteiger partial charge in [-0.15, -0.1) is 0 Å².